The van der Waals surface area contributed by atoms with Crippen LogP contribution < -0.4 is 5.32 Å². The number of rotatable bonds is 1. The first-order chi connectivity index (χ1) is 9.29. The first kappa shape index (κ1) is 13.1. The fraction of sp³-hybridized carbons (Fsp3) is 0.625. The number of halogens is 1. The molecule has 104 valence electrons. The van der Waals surface area contributed by atoms with Crippen molar-refractivity contribution in [2.75, 3.05) is 19.7 Å². The van der Waals surface area contributed by atoms with Gasteiger partial charge in [0, 0.05) is 24.1 Å². The quantitative estimate of drug-likeness (QED) is 0.838. The highest BCUT2D eigenvalue weighted by atomic mass is 19.1. The summed E-state index contributed by atoms with van der Waals surface area (Å²) in [4.78, 5) is 0. The summed E-state index contributed by atoms with van der Waals surface area (Å²) >= 11 is 0. The van der Waals surface area contributed by atoms with Crippen molar-refractivity contribution in [3.05, 3.63) is 35.6 Å². The molecule has 2 nitrogen and oxygen atoms in total. The second kappa shape index (κ2) is 5.59. The topological polar surface area (TPSA) is 21.3 Å². The van der Waals surface area contributed by atoms with Crippen LogP contribution in [0.4, 0.5) is 4.39 Å². The van der Waals surface area contributed by atoms with Gasteiger partial charge in [0.1, 0.15) is 5.82 Å². The molecule has 2 aliphatic rings. The SMILES string of the molecule is Fc1ccccc1C1CNCC2(CCCCC2)CO1. The van der Waals surface area contributed by atoms with Crippen LogP contribution in [0.3, 0.4) is 0 Å². The van der Waals surface area contributed by atoms with E-state index in [9.17, 15) is 4.39 Å². The van der Waals surface area contributed by atoms with Gasteiger partial charge in [-0.1, -0.05) is 37.5 Å². The molecule has 1 unspecified atom stereocenters. The molecule has 0 amide bonds. The van der Waals surface area contributed by atoms with Crippen molar-refractivity contribution in [1.29, 1.82) is 0 Å². The fourth-order valence-electron chi connectivity index (χ4n) is 3.41. The Morgan fingerprint density at radius 3 is 2.74 bits per heavy atom. The molecular weight excluding hydrogens is 241 g/mol. The van der Waals surface area contributed by atoms with Crippen LogP contribution in [0.25, 0.3) is 0 Å². The third kappa shape index (κ3) is 2.82. The van der Waals surface area contributed by atoms with Crippen molar-refractivity contribution in [2.24, 2.45) is 5.41 Å². The Bertz CT molecular complexity index is 429. The third-order valence-corrected chi connectivity index (χ3v) is 4.59. The van der Waals surface area contributed by atoms with Gasteiger partial charge in [0.2, 0.25) is 0 Å². The van der Waals surface area contributed by atoms with Crippen LogP contribution in [-0.4, -0.2) is 19.7 Å². The van der Waals surface area contributed by atoms with Crippen molar-refractivity contribution in [2.45, 2.75) is 38.2 Å². The van der Waals surface area contributed by atoms with Gasteiger partial charge in [-0.15, -0.1) is 0 Å². The molecule has 1 aliphatic heterocycles. The third-order valence-electron chi connectivity index (χ3n) is 4.59. The molecule has 1 N–H and O–H groups in total. The first-order valence-electron chi connectivity index (χ1n) is 7.36. The Hall–Kier alpha value is -0.930. The van der Waals surface area contributed by atoms with E-state index in [0.717, 1.165) is 13.2 Å². The summed E-state index contributed by atoms with van der Waals surface area (Å²) in [5.74, 6) is -0.158. The summed E-state index contributed by atoms with van der Waals surface area (Å²) in [5, 5.41) is 3.49. The molecule has 1 saturated carbocycles. The molecule has 1 saturated heterocycles. The largest absolute Gasteiger partial charge is 0.371 e. The van der Waals surface area contributed by atoms with Gasteiger partial charge in [-0.3, -0.25) is 0 Å². The van der Waals surface area contributed by atoms with Crippen LogP contribution in [0, 0.1) is 11.2 Å². The van der Waals surface area contributed by atoms with Gasteiger partial charge in [-0.05, 0) is 18.9 Å². The highest BCUT2D eigenvalue weighted by Crippen LogP contribution is 2.38. The molecule has 1 aliphatic carbocycles. The van der Waals surface area contributed by atoms with E-state index < -0.39 is 0 Å². The second-order valence-electron chi connectivity index (χ2n) is 6.01. The van der Waals surface area contributed by atoms with E-state index in [1.54, 1.807) is 6.07 Å². The molecule has 0 radical (unpaired) electrons. The zero-order chi connectivity index (χ0) is 13.1. The van der Waals surface area contributed by atoms with Gasteiger partial charge in [-0.2, -0.15) is 0 Å². The zero-order valence-electron chi connectivity index (χ0n) is 11.3. The van der Waals surface area contributed by atoms with Crippen molar-refractivity contribution < 1.29 is 9.13 Å². The van der Waals surface area contributed by atoms with Gasteiger partial charge in [0.25, 0.3) is 0 Å². The van der Waals surface area contributed by atoms with Crippen molar-refractivity contribution in [3.8, 4) is 0 Å². The molecular formula is C16H22FNO. The number of nitrogens with one attached hydrogen (secondary N) is 1. The minimum Gasteiger partial charge on any atom is -0.371 e. The summed E-state index contributed by atoms with van der Waals surface area (Å²) in [6.07, 6.45) is 6.28. The Morgan fingerprint density at radius 2 is 1.95 bits per heavy atom. The Labute approximate surface area is 114 Å². The Morgan fingerprint density at radius 1 is 1.16 bits per heavy atom. The Kier molecular flexibility index (Phi) is 3.85. The molecule has 1 heterocycles. The van der Waals surface area contributed by atoms with Crippen LogP contribution >= 0.6 is 0 Å². The average molecular weight is 263 g/mol. The molecule has 1 aromatic carbocycles. The number of hydrogen-bond acceptors (Lipinski definition) is 2. The molecule has 1 atom stereocenters. The standard InChI is InChI=1S/C16H22FNO/c17-14-7-3-2-6-13(14)15-10-18-11-16(12-19-15)8-4-1-5-9-16/h2-3,6-7,15,18H,1,4-5,8-12H2. The van der Waals surface area contributed by atoms with Crippen LogP contribution in [0.1, 0.15) is 43.8 Å². The van der Waals surface area contributed by atoms with Crippen molar-refractivity contribution in [1.82, 2.24) is 5.32 Å². The maximum Gasteiger partial charge on any atom is 0.129 e. The minimum absolute atomic E-state index is 0.150. The number of benzene rings is 1. The van der Waals surface area contributed by atoms with Crippen molar-refractivity contribution >= 4 is 0 Å². The lowest BCUT2D eigenvalue weighted by Gasteiger charge is -2.35. The van der Waals surface area contributed by atoms with E-state index in [0.29, 0.717) is 12.1 Å². The summed E-state index contributed by atoms with van der Waals surface area (Å²) in [7, 11) is 0. The van der Waals surface area contributed by atoms with Gasteiger partial charge < -0.3 is 10.1 Å². The van der Waals surface area contributed by atoms with Crippen LogP contribution in [-0.2, 0) is 4.74 Å². The van der Waals surface area contributed by atoms with Crippen LogP contribution in [0.5, 0.6) is 0 Å². The lowest BCUT2D eigenvalue weighted by atomic mass is 9.74. The maximum atomic E-state index is 13.8. The summed E-state index contributed by atoms with van der Waals surface area (Å²) in [6.45, 7) is 2.49. The smallest absolute Gasteiger partial charge is 0.129 e. The average Bonchev–Trinajstić information content (AvgIpc) is 2.64. The molecule has 1 spiro atoms. The predicted molar refractivity (Wildman–Crippen MR) is 73.5 cm³/mol. The number of ether oxygens (including phenoxy) is 1. The molecule has 0 aromatic heterocycles. The number of hydrogen-bond donors (Lipinski definition) is 1. The van der Waals surface area contributed by atoms with E-state index in [-0.39, 0.29) is 17.3 Å². The first-order valence-corrected chi connectivity index (χ1v) is 7.36. The highest BCUT2D eigenvalue weighted by Gasteiger charge is 2.35. The van der Waals surface area contributed by atoms with Gasteiger partial charge in [0.15, 0.2) is 0 Å². The molecule has 3 rings (SSSR count). The molecule has 3 heteroatoms. The molecule has 19 heavy (non-hydrogen) atoms. The summed E-state index contributed by atoms with van der Waals surface area (Å²) < 4.78 is 19.9. The Balaban J connectivity index is 1.72. The monoisotopic (exact) mass is 263 g/mol. The second-order valence-corrected chi connectivity index (χ2v) is 6.01. The molecule has 1 aromatic rings. The van der Waals surface area contributed by atoms with Gasteiger partial charge in [-0.25, -0.2) is 4.39 Å². The summed E-state index contributed by atoms with van der Waals surface area (Å²) in [6, 6.07) is 6.95. The fourth-order valence-corrected chi connectivity index (χ4v) is 3.41. The minimum atomic E-state index is -0.158. The van der Waals surface area contributed by atoms with Crippen LogP contribution in [0.2, 0.25) is 0 Å². The van der Waals surface area contributed by atoms with Gasteiger partial charge in [0.05, 0.1) is 12.7 Å². The van der Waals surface area contributed by atoms with E-state index >= 15 is 0 Å². The maximum absolute atomic E-state index is 13.8. The van der Waals surface area contributed by atoms with E-state index in [1.807, 2.05) is 12.1 Å². The van der Waals surface area contributed by atoms with Crippen molar-refractivity contribution in [3.63, 3.8) is 0 Å². The lowest BCUT2D eigenvalue weighted by molar-refractivity contribution is -0.00273. The lowest BCUT2D eigenvalue weighted by Crippen LogP contribution is -2.37. The van der Waals surface area contributed by atoms with E-state index in [2.05, 4.69) is 5.32 Å². The van der Waals surface area contributed by atoms with Gasteiger partial charge >= 0.3 is 0 Å². The molecule has 0 bridgehead atoms. The summed E-state index contributed by atoms with van der Waals surface area (Å²) in [5.41, 5.74) is 0.973. The van der Waals surface area contributed by atoms with Crippen LogP contribution in [0.15, 0.2) is 24.3 Å². The zero-order valence-corrected chi connectivity index (χ0v) is 11.3. The molecule has 2 fully saturated rings. The normalized spacial score (nSPS) is 27.1. The van der Waals surface area contributed by atoms with E-state index in [4.69, 9.17) is 4.74 Å². The predicted octanol–water partition coefficient (Wildman–Crippen LogP) is 3.44. The highest BCUT2D eigenvalue weighted by molar-refractivity contribution is 5.20. The van der Waals surface area contributed by atoms with E-state index in [1.165, 1.54) is 38.2 Å².